The van der Waals surface area contributed by atoms with E-state index >= 15 is 0 Å². The Bertz CT molecular complexity index is 772. The number of carbonyl (C=O) groups excluding carboxylic acids is 1. The van der Waals surface area contributed by atoms with Crippen molar-refractivity contribution in [3.63, 3.8) is 0 Å². The van der Waals surface area contributed by atoms with Gasteiger partial charge >= 0.3 is 5.97 Å². The predicted molar refractivity (Wildman–Crippen MR) is 95.0 cm³/mol. The third-order valence-corrected chi connectivity index (χ3v) is 6.11. The van der Waals surface area contributed by atoms with E-state index in [1.54, 1.807) is 35.2 Å². The minimum atomic E-state index is -1.05. The van der Waals surface area contributed by atoms with Gasteiger partial charge in [-0.3, -0.25) is 4.79 Å². The van der Waals surface area contributed by atoms with Crippen LogP contribution in [-0.4, -0.2) is 29.8 Å². The molecule has 0 fully saturated rings. The number of hydrogen-bond donors (Lipinski definition) is 2. The summed E-state index contributed by atoms with van der Waals surface area (Å²) in [4.78, 5) is 25.0. The molecule has 0 saturated carbocycles. The molecule has 0 aliphatic carbocycles. The minimum Gasteiger partial charge on any atom is -0.496 e. The molecule has 0 bridgehead atoms. The van der Waals surface area contributed by atoms with Crippen LogP contribution in [0.15, 0.2) is 29.6 Å². The Morgan fingerprint density at radius 3 is 2.96 bits per heavy atom. The molecule has 0 unspecified atom stereocenters. The molecule has 3 rings (SSSR count). The van der Waals surface area contributed by atoms with Crippen molar-refractivity contribution in [1.82, 2.24) is 5.32 Å². The molecule has 0 spiro atoms. The molecule has 7 heteroatoms. The van der Waals surface area contributed by atoms with Gasteiger partial charge in [-0.15, -0.1) is 23.1 Å². The number of hydrogen-bond acceptors (Lipinski definition) is 5. The first kappa shape index (κ1) is 16.9. The number of nitrogens with one attached hydrogen (secondary N) is 1. The van der Waals surface area contributed by atoms with E-state index in [2.05, 4.69) is 5.32 Å². The molecule has 126 valence electrons. The van der Waals surface area contributed by atoms with Gasteiger partial charge in [-0.2, -0.15) is 0 Å². The summed E-state index contributed by atoms with van der Waals surface area (Å²) >= 11 is 3.35. The van der Waals surface area contributed by atoms with E-state index in [-0.39, 0.29) is 16.7 Å². The fourth-order valence-electron chi connectivity index (χ4n) is 2.68. The Hall–Kier alpha value is -1.99. The number of thiophene rings is 1. The van der Waals surface area contributed by atoms with Crippen molar-refractivity contribution in [3.8, 4) is 5.75 Å². The van der Waals surface area contributed by atoms with Crippen LogP contribution in [0.3, 0.4) is 0 Å². The number of carboxylic acid groups (broad SMARTS) is 1. The lowest BCUT2D eigenvalue weighted by Crippen LogP contribution is -2.29. The molecule has 1 aromatic carbocycles. The lowest BCUT2D eigenvalue weighted by atomic mass is 10.1. The van der Waals surface area contributed by atoms with Crippen LogP contribution < -0.4 is 10.1 Å². The molecule has 24 heavy (non-hydrogen) atoms. The molecular formula is C17H17NO4S2. The number of rotatable bonds is 5. The molecule has 0 saturated heterocycles. The van der Waals surface area contributed by atoms with Crippen molar-refractivity contribution in [2.45, 2.75) is 18.2 Å². The van der Waals surface area contributed by atoms with Gasteiger partial charge in [-0.05, 0) is 46.9 Å². The molecule has 0 radical (unpaired) electrons. The number of amides is 1. The van der Waals surface area contributed by atoms with E-state index in [9.17, 15) is 14.7 Å². The summed E-state index contributed by atoms with van der Waals surface area (Å²) in [7, 11) is 1.43. The highest BCUT2D eigenvalue weighted by atomic mass is 32.2. The number of carboxylic acids is 1. The van der Waals surface area contributed by atoms with Gasteiger partial charge in [0.2, 0.25) is 5.91 Å². The van der Waals surface area contributed by atoms with Gasteiger partial charge in [-0.1, -0.05) is 6.07 Å². The Morgan fingerprint density at radius 2 is 2.21 bits per heavy atom. The SMILES string of the molecule is COc1ccc(CNC(=O)[C@H]2SCCc3sccc32)cc1C(=O)O. The monoisotopic (exact) mass is 363 g/mol. The lowest BCUT2D eigenvalue weighted by molar-refractivity contribution is -0.120. The van der Waals surface area contributed by atoms with Gasteiger partial charge in [0.05, 0.1) is 7.11 Å². The van der Waals surface area contributed by atoms with E-state index in [1.807, 2.05) is 11.4 Å². The Kier molecular flexibility index (Phi) is 5.11. The second kappa shape index (κ2) is 7.27. The number of fused-ring (bicyclic) bond motifs is 1. The summed E-state index contributed by atoms with van der Waals surface area (Å²) in [5, 5.41) is 14.0. The molecule has 1 atom stereocenters. The van der Waals surface area contributed by atoms with Gasteiger partial charge in [0.25, 0.3) is 0 Å². The van der Waals surface area contributed by atoms with Crippen LogP contribution >= 0.6 is 23.1 Å². The van der Waals surface area contributed by atoms with Gasteiger partial charge in [-0.25, -0.2) is 4.79 Å². The zero-order chi connectivity index (χ0) is 17.1. The maximum atomic E-state index is 12.5. The number of thioether (sulfide) groups is 1. The normalized spacial score (nSPS) is 16.3. The quantitative estimate of drug-likeness (QED) is 0.854. The smallest absolute Gasteiger partial charge is 0.339 e. The average molecular weight is 363 g/mol. The van der Waals surface area contributed by atoms with Crippen LogP contribution in [0.5, 0.6) is 5.75 Å². The molecule has 1 aliphatic rings. The Balaban J connectivity index is 1.69. The highest BCUT2D eigenvalue weighted by molar-refractivity contribution is 8.00. The van der Waals surface area contributed by atoms with E-state index in [0.29, 0.717) is 12.3 Å². The molecular weight excluding hydrogens is 346 g/mol. The third-order valence-electron chi connectivity index (χ3n) is 3.88. The summed E-state index contributed by atoms with van der Waals surface area (Å²) in [5.41, 5.74) is 1.93. The maximum absolute atomic E-state index is 12.5. The summed E-state index contributed by atoms with van der Waals surface area (Å²) in [6, 6.07) is 6.92. The van der Waals surface area contributed by atoms with Gasteiger partial charge in [0, 0.05) is 11.4 Å². The van der Waals surface area contributed by atoms with E-state index in [4.69, 9.17) is 4.74 Å². The minimum absolute atomic E-state index is 0.0351. The van der Waals surface area contributed by atoms with Crippen molar-refractivity contribution in [3.05, 3.63) is 51.2 Å². The van der Waals surface area contributed by atoms with Crippen molar-refractivity contribution >= 4 is 35.0 Å². The summed E-state index contributed by atoms with van der Waals surface area (Å²) in [6.07, 6.45) is 1.02. The van der Waals surface area contributed by atoms with Gasteiger partial charge in [0.15, 0.2) is 0 Å². The second-order valence-electron chi connectivity index (χ2n) is 5.36. The van der Waals surface area contributed by atoms with Crippen molar-refractivity contribution in [2.75, 3.05) is 12.9 Å². The molecule has 1 aliphatic heterocycles. The molecule has 2 N–H and O–H groups in total. The fourth-order valence-corrected chi connectivity index (χ4v) is 4.99. The molecule has 2 aromatic rings. The third kappa shape index (κ3) is 3.42. The zero-order valence-electron chi connectivity index (χ0n) is 13.1. The fraction of sp³-hybridized carbons (Fsp3) is 0.294. The Labute approximate surface area is 148 Å². The summed E-state index contributed by atoms with van der Waals surface area (Å²) < 4.78 is 5.04. The number of benzene rings is 1. The van der Waals surface area contributed by atoms with Crippen molar-refractivity contribution in [2.24, 2.45) is 0 Å². The number of carbonyl (C=O) groups is 2. The van der Waals surface area contributed by atoms with Crippen LogP contribution in [0.1, 0.15) is 31.6 Å². The van der Waals surface area contributed by atoms with Crippen molar-refractivity contribution in [1.29, 1.82) is 0 Å². The molecule has 2 heterocycles. The van der Waals surface area contributed by atoms with E-state index in [1.165, 1.54) is 18.1 Å². The number of ether oxygens (including phenoxy) is 1. The predicted octanol–water partition coefficient (Wildman–Crippen LogP) is 3.10. The van der Waals surface area contributed by atoms with Crippen LogP contribution in [0.4, 0.5) is 0 Å². The lowest BCUT2D eigenvalue weighted by Gasteiger charge is -2.21. The van der Waals surface area contributed by atoms with E-state index in [0.717, 1.165) is 23.3 Å². The van der Waals surface area contributed by atoms with Gasteiger partial charge in [0.1, 0.15) is 16.6 Å². The summed E-state index contributed by atoms with van der Waals surface area (Å²) in [6.45, 7) is 0.291. The standard InChI is InChI=1S/C17H17NO4S2/c1-22-13-3-2-10(8-12(13)17(20)21)9-18-16(19)15-11-4-6-23-14(11)5-7-24-15/h2-4,6,8,15H,5,7,9H2,1H3,(H,18,19)(H,20,21)/t15-/m0/s1. The van der Waals surface area contributed by atoms with E-state index < -0.39 is 5.97 Å². The topological polar surface area (TPSA) is 75.6 Å². The highest BCUT2D eigenvalue weighted by Gasteiger charge is 2.27. The number of methoxy groups -OCH3 is 1. The van der Waals surface area contributed by atoms with Crippen molar-refractivity contribution < 1.29 is 19.4 Å². The van der Waals surface area contributed by atoms with Crippen LogP contribution in [0, 0.1) is 0 Å². The first-order chi connectivity index (χ1) is 11.6. The number of aromatic carboxylic acids is 1. The second-order valence-corrected chi connectivity index (χ2v) is 7.57. The molecule has 5 nitrogen and oxygen atoms in total. The molecule has 1 amide bonds. The summed E-state index contributed by atoms with van der Waals surface area (Å²) in [5.74, 6) is 0.165. The molecule has 1 aromatic heterocycles. The average Bonchev–Trinajstić information content (AvgIpc) is 3.08. The van der Waals surface area contributed by atoms with Crippen LogP contribution in [0.25, 0.3) is 0 Å². The highest BCUT2D eigenvalue weighted by Crippen LogP contribution is 2.39. The van der Waals surface area contributed by atoms with Gasteiger partial charge < -0.3 is 15.2 Å². The van der Waals surface area contributed by atoms with Crippen LogP contribution in [0.2, 0.25) is 0 Å². The maximum Gasteiger partial charge on any atom is 0.339 e. The first-order valence-corrected chi connectivity index (χ1v) is 9.38. The Morgan fingerprint density at radius 1 is 1.38 bits per heavy atom. The number of aryl methyl sites for hydroxylation is 1. The van der Waals surface area contributed by atoms with Crippen LogP contribution in [-0.2, 0) is 17.8 Å². The largest absolute Gasteiger partial charge is 0.496 e. The zero-order valence-corrected chi connectivity index (χ0v) is 14.7. The first-order valence-electron chi connectivity index (χ1n) is 7.46.